The normalized spacial score (nSPS) is 11.8. The molecule has 1 amide bonds. The van der Waals surface area contributed by atoms with Crippen LogP contribution in [-0.2, 0) is 4.79 Å². The van der Waals surface area contributed by atoms with Gasteiger partial charge in [0.05, 0.1) is 7.11 Å². The van der Waals surface area contributed by atoms with Crippen molar-refractivity contribution in [3.8, 4) is 5.75 Å². The number of carbonyl (C=O) groups excluding carboxylic acids is 1. The van der Waals surface area contributed by atoms with Crippen LogP contribution >= 0.6 is 0 Å². The van der Waals surface area contributed by atoms with Gasteiger partial charge in [0.15, 0.2) is 0 Å². The van der Waals surface area contributed by atoms with Crippen molar-refractivity contribution in [2.24, 2.45) is 0 Å². The molecule has 1 unspecified atom stereocenters. The number of rotatable bonds is 8. The van der Waals surface area contributed by atoms with E-state index in [1.165, 1.54) is 0 Å². The Morgan fingerprint density at radius 1 is 1.35 bits per heavy atom. The Hall–Kier alpha value is -1.71. The minimum Gasteiger partial charge on any atom is -0.496 e. The van der Waals surface area contributed by atoms with Crippen molar-refractivity contribution in [2.45, 2.75) is 46.1 Å². The van der Waals surface area contributed by atoms with E-state index in [4.69, 9.17) is 4.74 Å². The maximum Gasteiger partial charge on any atom is 0.242 e. The van der Waals surface area contributed by atoms with Crippen molar-refractivity contribution >= 4 is 11.6 Å². The molecule has 4 nitrogen and oxygen atoms in total. The Morgan fingerprint density at radius 3 is 2.70 bits per heavy atom. The summed E-state index contributed by atoms with van der Waals surface area (Å²) in [5.41, 5.74) is 1.98. The topological polar surface area (TPSA) is 50.4 Å². The number of nitrogens with one attached hydrogen (secondary N) is 2. The van der Waals surface area contributed by atoms with Gasteiger partial charge < -0.3 is 15.4 Å². The minimum absolute atomic E-state index is 0.0366. The molecule has 0 heterocycles. The molecule has 0 spiro atoms. The number of anilines is 1. The van der Waals surface area contributed by atoms with Gasteiger partial charge in [0.2, 0.25) is 5.91 Å². The van der Waals surface area contributed by atoms with Crippen LogP contribution in [0.25, 0.3) is 0 Å². The first-order valence-electron chi connectivity index (χ1n) is 7.27. The molecular weight excluding hydrogens is 252 g/mol. The van der Waals surface area contributed by atoms with E-state index < -0.39 is 0 Å². The molecule has 0 aliphatic rings. The predicted molar refractivity (Wildman–Crippen MR) is 83.4 cm³/mol. The van der Waals surface area contributed by atoms with Gasteiger partial charge in [-0.1, -0.05) is 19.8 Å². The SMILES string of the molecule is CCCCCNC(=O)C(C)Nc1ccc(OC)c(C)c1. The lowest BCUT2D eigenvalue weighted by Crippen LogP contribution is -2.38. The van der Waals surface area contributed by atoms with Crippen LogP contribution in [0.4, 0.5) is 5.69 Å². The van der Waals surface area contributed by atoms with Crippen LogP contribution < -0.4 is 15.4 Å². The van der Waals surface area contributed by atoms with Crippen LogP contribution in [0.15, 0.2) is 18.2 Å². The van der Waals surface area contributed by atoms with E-state index in [-0.39, 0.29) is 11.9 Å². The number of amides is 1. The first-order valence-corrected chi connectivity index (χ1v) is 7.27. The highest BCUT2D eigenvalue weighted by atomic mass is 16.5. The quantitative estimate of drug-likeness (QED) is 0.718. The van der Waals surface area contributed by atoms with Gasteiger partial charge in [0.1, 0.15) is 11.8 Å². The number of methoxy groups -OCH3 is 1. The molecule has 1 aromatic carbocycles. The van der Waals surface area contributed by atoms with Crippen molar-refractivity contribution in [3.05, 3.63) is 23.8 Å². The first-order chi connectivity index (χ1) is 9.58. The van der Waals surface area contributed by atoms with Gasteiger partial charge in [0.25, 0.3) is 0 Å². The molecule has 0 aromatic heterocycles. The molecule has 0 aliphatic carbocycles. The zero-order valence-electron chi connectivity index (χ0n) is 13.0. The Bertz CT molecular complexity index is 432. The molecule has 2 N–H and O–H groups in total. The molecule has 1 atom stereocenters. The maximum absolute atomic E-state index is 11.9. The molecule has 0 bridgehead atoms. The van der Waals surface area contributed by atoms with E-state index in [1.54, 1.807) is 7.11 Å². The molecule has 20 heavy (non-hydrogen) atoms. The van der Waals surface area contributed by atoms with Crippen LogP contribution in [-0.4, -0.2) is 25.6 Å². The Labute approximate surface area is 121 Å². The van der Waals surface area contributed by atoms with Crippen molar-refractivity contribution in [3.63, 3.8) is 0 Å². The lowest BCUT2D eigenvalue weighted by Gasteiger charge is -2.16. The summed E-state index contributed by atoms with van der Waals surface area (Å²) in [6.07, 6.45) is 3.35. The van der Waals surface area contributed by atoms with Gasteiger partial charge in [-0.2, -0.15) is 0 Å². The standard InChI is InChI=1S/C16H26N2O2/c1-5-6-7-10-17-16(19)13(3)18-14-8-9-15(20-4)12(2)11-14/h8-9,11,13,18H,5-7,10H2,1-4H3,(H,17,19). The van der Waals surface area contributed by atoms with Crippen molar-refractivity contribution in [1.82, 2.24) is 5.32 Å². The molecule has 1 rings (SSSR count). The van der Waals surface area contributed by atoms with Crippen molar-refractivity contribution in [1.29, 1.82) is 0 Å². The Kier molecular flexibility index (Phi) is 6.91. The summed E-state index contributed by atoms with van der Waals surface area (Å²) in [7, 11) is 1.65. The summed E-state index contributed by atoms with van der Waals surface area (Å²) in [5.74, 6) is 0.891. The smallest absolute Gasteiger partial charge is 0.242 e. The monoisotopic (exact) mass is 278 g/mol. The molecule has 1 aromatic rings. The first kappa shape index (κ1) is 16.3. The second kappa shape index (κ2) is 8.46. The van der Waals surface area contributed by atoms with Crippen LogP contribution in [0.5, 0.6) is 5.75 Å². The summed E-state index contributed by atoms with van der Waals surface area (Å²) in [6, 6.07) is 5.57. The average Bonchev–Trinajstić information content (AvgIpc) is 2.43. The number of aryl methyl sites for hydroxylation is 1. The van der Waals surface area contributed by atoms with E-state index in [9.17, 15) is 4.79 Å². The van der Waals surface area contributed by atoms with Crippen molar-refractivity contribution < 1.29 is 9.53 Å². The molecule has 112 valence electrons. The van der Waals surface area contributed by atoms with E-state index >= 15 is 0 Å². The summed E-state index contributed by atoms with van der Waals surface area (Å²) in [6.45, 7) is 6.76. The third-order valence-corrected chi connectivity index (χ3v) is 3.25. The molecule has 0 fully saturated rings. The second-order valence-electron chi connectivity index (χ2n) is 5.05. The van der Waals surface area contributed by atoms with Crippen LogP contribution in [0.1, 0.15) is 38.7 Å². The highest BCUT2D eigenvalue weighted by molar-refractivity contribution is 5.84. The number of hydrogen-bond acceptors (Lipinski definition) is 3. The van der Waals surface area contributed by atoms with Crippen LogP contribution in [0, 0.1) is 6.92 Å². The van der Waals surface area contributed by atoms with Crippen molar-refractivity contribution in [2.75, 3.05) is 19.0 Å². The van der Waals surface area contributed by atoms with Gasteiger partial charge in [-0.3, -0.25) is 4.79 Å². The summed E-state index contributed by atoms with van der Waals surface area (Å²) < 4.78 is 5.22. The number of benzene rings is 1. The van der Waals surface area contributed by atoms with E-state index in [1.807, 2.05) is 32.0 Å². The lowest BCUT2D eigenvalue weighted by molar-refractivity contribution is -0.121. The average molecular weight is 278 g/mol. The molecule has 0 aliphatic heterocycles. The fourth-order valence-electron chi connectivity index (χ4n) is 2.02. The molecule has 0 saturated carbocycles. The fraction of sp³-hybridized carbons (Fsp3) is 0.562. The number of hydrogen-bond donors (Lipinski definition) is 2. The van der Waals surface area contributed by atoms with Gasteiger partial charge in [-0.15, -0.1) is 0 Å². The predicted octanol–water partition coefficient (Wildman–Crippen LogP) is 3.11. The zero-order chi connectivity index (χ0) is 15.0. The largest absolute Gasteiger partial charge is 0.496 e. The maximum atomic E-state index is 11.9. The molecule has 4 heteroatoms. The van der Waals surface area contributed by atoms with Gasteiger partial charge >= 0.3 is 0 Å². The highest BCUT2D eigenvalue weighted by Crippen LogP contribution is 2.21. The molecular formula is C16H26N2O2. The Balaban J connectivity index is 2.46. The van der Waals surface area contributed by atoms with Gasteiger partial charge in [-0.25, -0.2) is 0 Å². The van der Waals surface area contributed by atoms with Crippen LogP contribution in [0.2, 0.25) is 0 Å². The summed E-state index contributed by atoms with van der Waals surface area (Å²) >= 11 is 0. The van der Waals surface area contributed by atoms with E-state index in [0.29, 0.717) is 0 Å². The van der Waals surface area contributed by atoms with E-state index in [2.05, 4.69) is 17.6 Å². The van der Waals surface area contributed by atoms with Gasteiger partial charge in [-0.05, 0) is 44.0 Å². The van der Waals surface area contributed by atoms with Gasteiger partial charge in [0, 0.05) is 12.2 Å². The number of ether oxygens (including phenoxy) is 1. The molecule has 0 saturated heterocycles. The highest BCUT2D eigenvalue weighted by Gasteiger charge is 2.12. The lowest BCUT2D eigenvalue weighted by atomic mass is 10.2. The minimum atomic E-state index is -0.246. The number of carbonyl (C=O) groups is 1. The third-order valence-electron chi connectivity index (χ3n) is 3.25. The summed E-state index contributed by atoms with van der Waals surface area (Å²) in [4.78, 5) is 11.9. The van der Waals surface area contributed by atoms with E-state index in [0.717, 1.165) is 42.8 Å². The zero-order valence-corrected chi connectivity index (χ0v) is 13.0. The third kappa shape index (κ3) is 5.11. The summed E-state index contributed by atoms with van der Waals surface area (Å²) in [5, 5.41) is 6.16. The fourth-order valence-corrected chi connectivity index (χ4v) is 2.02. The second-order valence-corrected chi connectivity index (χ2v) is 5.05. The molecule has 0 radical (unpaired) electrons. The number of unbranched alkanes of at least 4 members (excludes halogenated alkanes) is 2. The van der Waals surface area contributed by atoms with Crippen LogP contribution in [0.3, 0.4) is 0 Å². The Morgan fingerprint density at radius 2 is 2.10 bits per heavy atom.